The SMILES string of the molecule is C[C@H]1CC[C@@H](C(N)=O)CN1Cc1nnc(Cc2ccccc2)o1. The number of nitrogens with two attached hydrogens (primary N) is 1. The summed E-state index contributed by atoms with van der Waals surface area (Å²) < 4.78 is 5.75. The molecule has 2 heterocycles. The van der Waals surface area contributed by atoms with Gasteiger partial charge >= 0.3 is 0 Å². The molecule has 1 fully saturated rings. The Morgan fingerprint density at radius 3 is 2.74 bits per heavy atom. The van der Waals surface area contributed by atoms with Crippen LogP contribution in [0.4, 0.5) is 0 Å². The molecule has 0 radical (unpaired) electrons. The Kier molecular flexibility index (Phi) is 4.71. The summed E-state index contributed by atoms with van der Waals surface area (Å²) in [4.78, 5) is 13.6. The van der Waals surface area contributed by atoms with Gasteiger partial charge in [0.25, 0.3) is 0 Å². The van der Waals surface area contributed by atoms with Gasteiger partial charge in [-0.2, -0.15) is 0 Å². The van der Waals surface area contributed by atoms with Gasteiger partial charge in [0, 0.05) is 12.6 Å². The van der Waals surface area contributed by atoms with Crippen LogP contribution in [-0.2, 0) is 17.8 Å². The van der Waals surface area contributed by atoms with Crippen LogP contribution in [0.3, 0.4) is 0 Å². The molecule has 1 aliphatic rings. The fourth-order valence-corrected chi connectivity index (χ4v) is 3.00. The number of carbonyl (C=O) groups excluding carboxylic acids is 1. The fourth-order valence-electron chi connectivity index (χ4n) is 3.00. The summed E-state index contributed by atoms with van der Waals surface area (Å²) in [6.07, 6.45) is 2.45. The highest BCUT2D eigenvalue weighted by Crippen LogP contribution is 2.23. The van der Waals surface area contributed by atoms with Crippen LogP contribution in [0, 0.1) is 5.92 Å². The Balaban J connectivity index is 1.63. The molecule has 1 amide bonds. The highest BCUT2D eigenvalue weighted by Gasteiger charge is 2.29. The largest absolute Gasteiger partial charge is 0.424 e. The lowest BCUT2D eigenvalue weighted by molar-refractivity contribution is -0.124. The molecule has 6 heteroatoms. The van der Waals surface area contributed by atoms with Crippen molar-refractivity contribution in [3.8, 4) is 0 Å². The number of nitrogens with zero attached hydrogens (tertiary/aromatic N) is 3. The van der Waals surface area contributed by atoms with Crippen LogP contribution in [0.5, 0.6) is 0 Å². The first-order chi connectivity index (χ1) is 11.1. The molecule has 0 aliphatic carbocycles. The maximum absolute atomic E-state index is 11.4. The zero-order valence-corrected chi connectivity index (χ0v) is 13.3. The van der Waals surface area contributed by atoms with Gasteiger partial charge in [-0.3, -0.25) is 9.69 Å². The minimum atomic E-state index is -0.225. The summed E-state index contributed by atoms with van der Waals surface area (Å²) >= 11 is 0. The fraction of sp³-hybridized carbons (Fsp3) is 0.471. The molecule has 6 nitrogen and oxygen atoms in total. The number of aromatic nitrogens is 2. The number of likely N-dealkylation sites (tertiary alicyclic amines) is 1. The molecule has 2 N–H and O–H groups in total. The third kappa shape index (κ3) is 3.96. The Bertz CT molecular complexity index is 656. The van der Waals surface area contributed by atoms with Crippen molar-refractivity contribution in [3.63, 3.8) is 0 Å². The van der Waals surface area contributed by atoms with Crippen LogP contribution >= 0.6 is 0 Å². The highest BCUT2D eigenvalue weighted by molar-refractivity contribution is 5.76. The molecular formula is C17H22N4O2. The lowest BCUT2D eigenvalue weighted by Crippen LogP contribution is -2.45. The second-order valence-corrected chi connectivity index (χ2v) is 6.21. The molecule has 1 aromatic heterocycles. The van der Waals surface area contributed by atoms with Crippen molar-refractivity contribution in [3.05, 3.63) is 47.7 Å². The molecular weight excluding hydrogens is 292 g/mol. The van der Waals surface area contributed by atoms with E-state index in [-0.39, 0.29) is 11.8 Å². The normalized spacial score (nSPS) is 22.1. The standard InChI is InChI=1S/C17H22N4O2/c1-12-7-8-14(17(18)22)10-21(12)11-16-20-19-15(23-16)9-13-5-3-2-4-6-13/h2-6,12,14H,7-11H2,1H3,(H2,18,22)/t12-,14+/m0/s1. The second-order valence-electron chi connectivity index (χ2n) is 6.21. The quantitative estimate of drug-likeness (QED) is 0.908. The van der Waals surface area contributed by atoms with E-state index in [0.717, 1.165) is 18.4 Å². The maximum Gasteiger partial charge on any atom is 0.230 e. The minimum absolute atomic E-state index is 0.0853. The van der Waals surface area contributed by atoms with Crippen molar-refractivity contribution in [1.29, 1.82) is 0 Å². The summed E-state index contributed by atoms with van der Waals surface area (Å²) in [5.74, 6) is 0.894. The van der Waals surface area contributed by atoms with Crippen LogP contribution in [0.1, 0.15) is 37.1 Å². The van der Waals surface area contributed by atoms with E-state index in [9.17, 15) is 4.79 Å². The van der Waals surface area contributed by atoms with Gasteiger partial charge in [0.15, 0.2) is 0 Å². The monoisotopic (exact) mass is 314 g/mol. The number of piperidine rings is 1. The number of hydrogen-bond acceptors (Lipinski definition) is 5. The van der Waals surface area contributed by atoms with E-state index in [1.165, 1.54) is 0 Å². The van der Waals surface area contributed by atoms with Crippen LogP contribution in [0.15, 0.2) is 34.7 Å². The van der Waals surface area contributed by atoms with E-state index >= 15 is 0 Å². The Morgan fingerprint density at radius 2 is 2.00 bits per heavy atom. The number of rotatable bonds is 5. The molecule has 0 spiro atoms. The molecule has 3 rings (SSSR count). The van der Waals surface area contributed by atoms with Crippen LogP contribution < -0.4 is 5.73 Å². The predicted molar refractivity (Wildman–Crippen MR) is 85.3 cm³/mol. The molecule has 1 aromatic carbocycles. The number of carbonyl (C=O) groups is 1. The van der Waals surface area contributed by atoms with E-state index in [1.54, 1.807) is 0 Å². The van der Waals surface area contributed by atoms with E-state index in [0.29, 0.717) is 37.3 Å². The van der Waals surface area contributed by atoms with E-state index < -0.39 is 0 Å². The Morgan fingerprint density at radius 1 is 1.26 bits per heavy atom. The van der Waals surface area contributed by atoms with Crippen LogP contribution in [-0.4, -0.2) is 33.6 Å². The van der Waals surface area contributed by atoms with Gasteiger partial charge in [0.05, 0.1) is 18.9 Å². The lowest BCUT2D eigenvalue weighted by Gasteiger charge is -2.35. The molecule has 2 aromatic rings. The van der Waals surface area contributed by atoms with Gasteiger partial charge in [-0.15, -0.1) is 10.2 Å². The van der Waals surface area contributed by atoms with Crippen molar-refractivity contribution in [1.82, 2.24) is 15.1 Å². The average molecular weight is 314 g/mol. The summed E-state index contributed by atoms with van der Waals surface area (Å²) in [5.41, 5.74) is 6.58. The molecule has 122 valence electrons. The first-order valence-electron chi connectivity index (χ1n) is 8.00. The highest BCUT2D eigenvalue weighted by atomic mass is 16.4. The van der Waals surface area contributed by atoms with Crippen molar-refractivity contribution in [2.75, 3.05) is 6.54 Å². The Labute approximate surface area is 135 Å². The van der Waals surface area contributed by atoms with Gasteiger partial charge in [0.2, 0.25) is 17.7 Å². The minimum Gasteiger partial charge on any atom is -0.424 e. The summed E-state index contributed by atoms with van der Waals surface area (Å²) in [7, 11) is 0. The van der Waals surface area contributed by atoms with Gasteiger partial charge in [0.1, 0.15) is 0 Å². The third-order valence-corrected chi connectivity index (χ3v) is 4.46. The number of amides is 1. The number of hydrogen-bond donors (Lipinski definition) is 1. The van der Waals surface area contributed by atoms with Crippen LogP contribution in [0.25, 0.3) is 0 Å². The van der Waals surface area contributed by atoms with E-state index in [4.69, 9.17) is 10.2 Å². The third-order valence-electron chi connectivity index (χ3n) is 4.46. The van der Waals surface area contributed by atoms with Gasteiger partial charge in [-0.05, 0) is 25.3 Å². The average Bonchev–Trinajstić information content (AvgIpc) is 2.97. The van der Waals surface area contributed by atoms with Crippen molar-refractivity contribution in [2.45, 2.75) is 38.8 Å². The lowest BCUT2D eigenvalue weighted by atomic mass is 9.93. The number of benzene rings is 1. The first-order valence-corrected chi connectivity index (χ1v) is 8.00. The first kappa shape index (κ1) is 15.7. The summed E-state index contributed by atoms with van der Waals surface area (Å²) in [6.45, 7) is 3.37. The van der Waals surface area contributed by atoms with E-state index in [1.807, 2.05) is 30.3 Å². The van der Waals surface area contributed by atoms with E-state index in [2.05, 4.69) is 22.0 Å². The van der Waals surface area contributed by atoms with Crippen LogP contribution in [0.2, 0.25) is 0 Å². The molecule has 1 saturated heterocycles. The molecule has 2 atom stereocenters. The van der Waals surface area contributed by atoms with Gasteiger partial charge < -0.3 is 10.2 Å². The zero-order valence-electron chi connectivity index (χ0n) is 13.3. The second kappa shape index (κ2) is 6.91. The maximum atomic E-state index is 11.4. The number of primary amides is 1. The Hall–Kier alpha value is -2.21. The predicted octanol–water partition coefficient (Wildman–Crippen LogP) is 1.75. The molecule has 0 unspecified atom stereocenters. The van der Waals surface area contributed by atoms with Crippen molar-refractivity contribution >= 4 is 5.91 Å². The smallest absolute Gasteiger partial charge is 0.230 e. The zero-order chi connectivity index (χ0) is 16.2. The van der Waals surface area contributed by atoms with Crippen molar-refractivity contribution < 1.29 is 9.21 Å². The molecule has 0 bridgehead atoms. The molecule has 0 saturated carbocycles. The summed E-state index contributed by atoms with van der Waals surface area (Å²) in [6, 6.07) is 10.4. The topological polar surface area (TPSA) is 85.3 Å². The van der Waals surface area contributed by atoms with Gasteiger partial charge in [-0.25, -0.2) is 0 Å². The van der Waals surface area contributed by atoms with Gasteiger partial charge in [-0.1, -0.05) is 30.3 Å². The summed E-state index contributed by atoms with van der Waals surface area (Å²) in [5, 5.41) is 8.26. The van der Waals surface area contributed by atoms with Crippen molar-refractivity contribution in [2.24, 2.45) is 11.7 Å². The molecule has 1 aliphatic heterocycles. The molecule has 23 heavy (non-hydrogen) atoms.